The fourth-order valence-electron chi connectivity index (χ4n) is 2.30. The number of hydrogen-bond donors (Lipinski definition) is 2. The molecular weight excluding hydrogens is 224 g/mol. The average Bonchev–Trinajstić information content (AvgIpc) is 2.40. The molecule has 0 atom stereocenters. The maximum Gasteiger partial charge on any atom is 0.135 e. The monoisotopic (exact) mass is 250 g/mol. The Balaban J connectivity index is 3.05. The van der Waals surface area contributed by atoms with Gasteiger partial charge in [-0.3, -0.25) is 0 Å². The molecule has 0 spiro atoms. The molecule has 0 aliphatic heterocycles. The van der Waals surface area contributed by atoms with E-state index in [4.69, 9.17) is 5.73 Å². The Morgan fingerprint density at radius 2 is 1.72 bits per heavy atom. The van der Waals surface area contributed by atoms with Crippen molar-refractivity contribution in [3.05, 3.63) is 11.9 Å². The van der Waals surface area contributed by atoms with Crippen LogP contribution in [0, 0.1) is 0 Å². The molecule has 1 aromatic heterocycles. The predicted octanol–water partition coefficient (Wildman–Crippen LogP) is 3.39. The smallest absolute Gasteiger partial charge is 0.135 e. The van der Waals surface area contributed by atoms with Crippen molar-refractivity contribution < 1.29 is 0 Å². The van der Waals surface area contributed by atoms with Gasteiger partial charge in [-0.1, -0.05) is 34.1 Å². The number of nitrogens with one attached hydrogen (secondary N) is 1. The highest BCUT2D eigenvalue weighted by Crippen LogP contribution is 2.28. The Morgan fingerprint density at radius 1 is 1.11 bits per heavy atom. The predicted molar refractivity (Wildman–Crippen MR) is 77.7 cm³/mol. The van der Waals surface area contributed by atoms with E-state index in [1.807, 2.05) is 0 Å². The van der Waals surface area contributed by atoms with E-state index in [1.165, 1.54) is 0 Å². The molecule has 0 fully saturated rings. The van der Waals surface area contributed by atoms with Crippen LogP contribution in [0.25, 0.3) is 0 Å². The summed E-state index contributed by atoms with van der Waals surface area (Å²) < 4.78 is 0. The maximum atomic E-state index is 5.96. The molecule has 3 N–H and O–H groups in total. The van der Waals surface area contributed by atoms with Gasteiger partial charge in [0.15, 0.2) is 0 Å². The van der Waals surface area contributed by atoms with Crippen LogP contribution in [-0.4, -0.2) is 15.5 Å². The van der Waals surface area contributed by atoms with E-state index < -0.39 is 0 Å². The largest absolute Gasteiger partial charge is 0.383 e. The molecule has 0 saturated heterocycles. The molecule has 1 aromatic rings. The Kier molecular flexibility index (Phi) is 5.38. The molecule has 0 bridgehead atoms. The van der Waals surface area contributed by atoms with E-state index in [0.717, 1.165) is 43.5 Å². The first-order valence-electron chi connectivity index (χ1n) is 6.99. The number of nitrogens with zero attached hydrogens (tertiary/aromatic N) is 2. The second-order valence-electron chi connectivity index (χ2n) is 4.80. The lowest BCUT2D eigenvalue weighted by molar-refractivity contribution is 0.418. The van der Waals surface area contributed by atoms with Gasteiger partial charge in [-0.2, -0.15) is 0 Å². The van der Waals surface area contributed by atoms with Gasteiger partial charge in [-0.25, -0.2) is 9.97 Å². The molecular formula is C14H26N4. The van der Waals surface area contributed by atoms with Crippen molar-refractivity contribution in [2.24, 2.45) is 0 Å². The van der Waals surface area contributed by atoms with E-state index in [1.54, 1.807) is 6.33 Å². The number of hydrogen-bond acceptors (Lipinski definition) is 4. The van der Waals surface area contributed by atoms with Crippen LogP contribution >= 0.6 is 0 Å². The molecule has 1 heterocycles. The summed E-state index contributed by atoms with van der Waals surface area (Å²) >= 11 is 0. The number of nitrogen functional groups attached to an aromatic ring is 1. The van der Waals surface area contributed by atoms with Gasteiger partial charge in [0.25, 0.3) is 0 Å². The molecule has 0 saturated carbocycles. The lowest BCUT2D eigenvalue weighted by Gasteiger charge is -2.33. The van der Waals surface area contributed by atoms with E-state index in [0.29, 0.717) is 5.82 Å². The zero-order chi connectivity index (χ0) is 13.6. The number of aromatic nitrogens is 2. The summed E-state index contributed by atoms with van der Waals surface area (Å²) in [4.78, 5) is 8.48. The first kappa shape index (κ1) is 14.7. The third kappa shape index (κ3) is 3.12. The van der Waals surface area contributed by atoms with Crippen LogP contribution in [0.4, 0.5) is 11.6 Å². The molecule has 102 valence electrons. The Morgan fingerprint density at radius 3 is 2.22 bits per heavy atom. The number of anilines is 2. The third-order valence-corrected chi connectivity index (χ3v) is 3.89. The molecule has 4 heteroatoms. The van der Waals surface area contributed by atoms with E-state index in [-0.39, 0.29) is 5.54 Å². The molecule has 0 aliphatic carbocycles. The van der Waals surface area contributed by atoms with E-state index in [9.17, 15) is 0 Å². The average molecular weight is 250 g/mol. The summed E-state index contributed by atoms with van der Waals surface area (Å²) in [6, 6.07) is 0. The van der Waals surface area contributed by atoms with Gasteiger partial charge in [0.2, 0.25) is 0 Å². The fraction of sp³-hybridized carbons (Fsp3) is 0.714. The van der Waals surface area contributed by atoms with Crippen molar-refractivity contribution >= 4 is 11.6 Å². The van der Waals surface area contributed by atoms with Crippen molar-refractivity contribution in [3.8, 4) is 0 Å². The number of nitrogens with two attached hydrogens (primary N) is 1. The second kappa shape index (κ2) is 6.57. The molecule has 18 heavy (non-hydrogen) atoms. The minimum atomic E-state index is 0.114. The van der Waals surface area contributed by atoms with Crippen molar-refractivity contribution in [1.82, 2.24) is 9.97 Å². The standard InChI is InChI=1S/C14H26N4/c1-5-9-11-12(15)16-10-17-13(11)18-14(6-2,7-3)8-4/h10H,5-9H2,1-4H3,(H3,15,16,17,18). The van der Waals surface area contributed by atoms with Crippen molar-refractivity contribution in [1.29, 1.82) is 0 Å². The van der Waals surface area contributed by atoms with Crippen LogP contribution in [0.3, 0.4) is 0 Å². The van der Waals surface area contributed by atoms with Gasteiger partial charge in [0, 0.05) is 11.1 Å². The van der Waals surface area contributed by atoms with Crippen LogP contribution in [-0.2, 0) is 6.42 Å². The summed E-state index contributed by atoms with van der Waals surface area (Å²) in [7, 11) is 0. The molecule has 1 rings (SSSR count). The minimum Gasteiger partial charge on any atom is -0.383 e. The zero-order valence-corrected chi connectivity index (χ0v) is 12.1. The van der Waals surface area contributed by atoms with Gasteiger partial charge in [0.1, 0.15) is 18.0 Å². The Hall–Kier alpha value is -1.32. The Labute approximate surface area is 110 Å². The normalized spacial score (nSPS) is 11.6. The van der Waals surface area contributed by atoms with Crippen LogP contribution < -0.4 is 11.1 Å². The van der Waals surface area contributed by atoms with Crippen LogP contribution in [0.5, 0.6) is 0 Å². The summed E-state index contributed by atoms with van der Waals surface area (Å²) in [5.74, 6) is 1.52. The molecule has 0 unspecified atom stereocenters. The highest BCUT2D eigenvalue weighted by molar-refractivity contribution is 5.56. The first-order valence-corrected chi connectivity index (χ1v) is 6.99. The lowest BCUT2D eigenvalue weighted by atomic mass is 9.89. The van der Waals surface area contributed by atoms with Gasteiger partial charge in [-0.15, -0.1) is 0 Å². The highest BCUT2D eigenvalue weighted by atomic mass is 15.1. The summed E-state index contributed by atoms with van der Waals surface area (Å²) in [6.45, 7) is 8.78. The minimum absolute atomic E-state index is 0.114. The van der Waals surface area contributed by atoms with Crippen LogP contribution in [0.1, 0.15) is 58.9 Å². The topological polar surface area (TPSA) is 63.8 Å². The van der Waals surface area contributed by atoms with Gasteiger partial charge >= 0.3 is 0 Å². The van der Waals surface area contributed by atoms with Crippen molar-refractivity contribution in [2.45, 2.75) is 65.3 Å². The summed E-state index contributed by atoms with van der Waals surface area (Å²) in [5.41, 5.74) is 7.13. The quantitative estimate of drug-likeness (QED) is 0.778. The van der Waals surface area contributed by atoms with Crippen LogP contribution in [0.2, 0.25) is 0 Å². The van der Waals surface area contributed by atoms with E-state index in [2.05, 4.69) is 43.0 Å². The van der Waals surface area contributed by atoms with Gasteiger partial charge in [0.05, 0.1) is 0 Å². The lowest BCUT2D eigenvalue weighted by Crippen LogP contribution is -2.37. The molecule has 0 aromatic carbocycles. The van der Waals surface area contributed by atoms with Gasteiger partial charge < -0.3 is 11.1 Å². The second-order valence-corrected chi connectivity index (χ2v) is 4.80. The maximum absolute atomic E-state index is 5.96. The third-order valence-electron chi connectivity index (χ3n) is 3.89. The molecule has 0 radical (unpaired) electrons. The van der Waals surface area contributed by atoms with Crippen molar-refractivity contribution in [2.75, 3.05) is 11.1 Å². The molecule has 0 aliphatic rings. The van der Waals surface area contributed by atoms with E-state index >= 15 is 0 Å². The number of rotatable bonds is 7. The fourth-order valence-corrected chi connectivity index (χ4v) is 2.30. The van der Waals surface area contributed by atoms with Crippen molar-refractivity contribution in [3.63, 3.8) is 0 Å². The zero-order valence-electron chi connectivity index (χ0n) is 12.1. The highest BCUT2D eigenvalue weighted by Gasteiger charge is 2.25. The van der Waals surface area contributed by atoms with Crippen LogP contribution in [0.15, 0.2) is 6.33 Å². The molecule has 0 amide bonds. The first-order chi connectivity index (χ1) is 8.62. The Bertz CT molecular complexity index is 364. The molecule has 4 nitrogen and oxygen atoms in total. The van der Waals surface area contributed by atoms with Gasteiger partial charge in [-0.05, 0) is 25.7 Å². The SMILES string of the molecule is CCCc1c(N)ncnc1NC(CC)(CC)CC. The summed E-state index contributed by atoms with van der Waals surface area (Å²) in [6.07, 6.45) is 6.74. The summed E-state index contributed by atoms with van der Waals surface area (Å²) in [5, 5.41) is 3.60.